The number of likely N-dealkylation sites (N-methyl/N-ethyl adjacent to an activating group) is 1. The smallest absolute Gasteiger partial charge is 0.0593 e. The standard InChI is InChI=1S/C17H28N2O/c1-4-18-17(13-19-8-5-10-20-11-9-19)16-7-6-14(2)12-15(16)3/h6-7,12,17-18H,4-5,8-11,13H2,1-3H3. The van der Waals surface area contributed by atoms with E-state index < -0.39 is 0 Å². The lowest BCUT2D eigenvalue weighted by Crippen LogP contribution is -2.37. The van der Waals surface area contributed by atoms with Crippen LogP contribution in [-0.4, -0.2) is 44.3 Å². The number of hydrogen-bond donors (Lipinski definition) is 1. The predicted octanol–water partition coefficient (Wildman–Crippen LogP) is 2.68. The Bertz CT molecular complexity index is 411. The number of nitrogens with one attached hydrogen (secondary N) is 1. The summed E-state index contributed by atoms with van der Waals surface area (Å²) in [7, 11) is 0. The van der Waals surface area contributed by atoms with Crippen molar-refractivity contribution >= 4 is 0 Å². The van der Waals surface area contributed by atoms with Crippen LogP contribution in [0.2, 0.25) is 0 Å². The minimum absolute atomic E-state index is 0.415. The Hall–Kier alpha value is -0.900. The maximum atomic E-state index is 5.55. The third-order valence-corrected chi connectivity index (χ3v) is 4.01. The van der Waals surface area contributed by atoms with Crippen LogP contribution in [0.5, 0.6) is 0 Å². The maximum absolute atomic E-state index is 5.55. The molecule has 1 fully saturated rings. The van der Waals surface area contributed by atoms with Gasteiger partial charge in [0.15, 0.2) is 0 Å². The van der Waals surface area contributed by atoms with Crippen molar-refractivity contribution in [1.29, 1.82) is 0 Å². The van der Waals surface area contributed by atoms with Crippen LogP contribution < -0.4 is 5.32 Å². The van der Waals surface area contributed by atoms with E-state index >= 15 is 0 Å². The largest absolute Gasteiger partial charge is 0.380 e. The molecule has 3 nitrogen and oxygen atoms in total. The summed E-state index contributed by atoms with van der Waals surface area (Å²) in [6.45, 7) is 12.6. The Morgan fingerprint density at radius 2 is 2.10 bits per heavy atom. The van der Waals surface area contributed by atoms with Crippen LogP contribution in [0.4, 0.5) is 0 Å². The average Bonchev–Trinajstić information content (AvgIpc) is 2.67. The molecule has 1 saturated heterocycles. The summed E-state index contributed by atoms with van der Waals surface area (Å²) in [6, 6.07) is 7.20. The van der Waals surface area contributed by atoms with Gasteiger partial charge in [0.05, 0.1) is 6.61 Å². The Balaban J connectivity index is 2.08. The molecule has 2 rings (SSSR count). The zero-order chi connectivity index (χ0) is 14.4. The summed E-state index contributed by atoms with van der Waals surface area (Å²) in [5.74, 6) is 0. The first-order valence-corrected chi connectivity index (χ1v) is 7.81. The van der Waals surface area contributed by atoms with Gasteiger partial charge < -0.3 is 10.1 Å². The Morgan fingerprint density at radius 3 is 2.85 bits per heavy atom. The van der Waals surface area contributed by atoms with Crippen LogP contribution in [-0.2, 0) is 4.74 Å². The first-order valence-electron chi connectivity index (χ1n) is 7.81. The van der Waals surface area contributed by atoms with Crippen LogP contribution in [0.15, 0.2) is 18.2 Å². The molecule has 0 aromatic heterocycles. The summed E-state index contributed by atoms with van der Waals surface area (Å²) < 4.78 is 5.55. The van der Waals surface area contributed by atoms with Gasteiger partial charge in [-0.25, -0.2) is 0 Å². The van der Waals surface area contributed by atoms with E-state index in [0.29, 0.717) is 6.04 Å². The Morgan fingerprint density at radius 1 is 1.25 bits per heavy atom. The third-order valence-electron chi connectivity index (χ3n) is 4.01. The Labute approximate surface area is 123 Å². The fraction of sp³-hybridized carbons (Fsp3) is 0.647. The minimum atomic E-state index is 0.415. The summed E-state index contributed by atoms with van der Waals surface area (Å²) in [5, 5.41) is 3.64. The second-order valence-corrected chi connectivity index (χ2v) is 5.74. The zero-order valence-electron chi connectivity index (χ0n) is 13.1. The highest BCUT2D eigenvalue weighted by atomic mass is 16.5. The van der Waals surface area contributed by atoms with Gasteiger partial charge in [0.1, 0.15) is 0 Å². The van der Waals surface area contributed by atoms with Gasteiger partial charge in [0.2, 0.25) is 0 Å². The van der Waals surface area contributed by atoms with E-state index in [4.69, 9.17) is 4.74 Å². The highest BCUT2D eigenvalue weighted by Crippen LogP contribution is 2.20. The molecule has 0 aliphatic carbocycles. The molecule has 1 heterocycles. The summed E-state index contributed by atoms with van der Waals surface area (Å²) in [5.41, 5.74) is 4.16. The minimum Gasteiger partial charge on any atom is -0.380 e. The van der Waals surface area contributed by atoms with Crippen LogP contribution in [0.25, 0.3) is 0 Å². The molecule has 0 spiro atoms. The molecule has 112 valence electrons. The van der Waals surface area contributed by atoms with E-state index in [1.54, 1.807) is 0 Å². The van der Waals surface area contributed by atoms with Gasteiger partial charge in [-0.2, -0.15) is 0 Å². The van der Waals surface area contributed by atoms with Crippen molar-refractivity contribution < 1.29 is 4.74 Å². The molecule has 0 saturated carbocycles. The van der Waals surface area contributed by atoms with E-state index in [0.717, 1.165) is 45.8 Å². The predicted molar refractivity (Wildman–Crippen MR) is 84.2 cm³/mol. The van der Waals surface area contributed by atoms with Crippen molar-refractivity contribution in [3.8, 4) is 0 Å². The number of rotatable bonds is 5. The molecule has 1 aromatic rings. The van der Waals surface area contributed by atoms with E-state index in [1.807, 2.05) is 0 Å². The zero-order valence-corrected chi connectivity index (χ0v) is 13.1. The molecule has 1 N–H and O–H groups in total. The number of hydrogen-bond acceptors (Lipinski definition) is 3. The second kappa shape index (κ2) is 7.77. The van der Waals surface area contributed by atoms with Crippen LogP contribution in [0, 0.1) is 13.8 Å². The molecule has 1 atom stereocenters. The molecule has 0 radical (unpaired) electrons. The normalized spacial score (nSPS) is 18.8. The lowest BCUT2D eigenvalue weighted by atomic mass is 9.98. The lowest BCUT2D eigenvalue weighted by Gasteiger charge is -2.28. The van der Waals surface area contributed by atoms with Crippen LogP contribution in [0.3, 0.4) is 0 Å². The average molecular weight is 276 g/mol. The van der Waals surface area contributed by atoms with Crippen molar-refractivity contribution in [3.63, 3.8) is 0 Å². The molecule has 20 heavy (non-hydrogen) atoms. The lowest BCUT2D eigenvalue weighted by molar-refractivity contribution is 0.139. The van der Waals surface area contributed by atoms with Gasteiger partial charge in [-0.1, -0.05) is 30.7 Å². The number of benzene rings is 1. The van der Waals surface area contributed by atoms with Crippen molar-refractivity contribution in [3.05, 3.63) is 34.9 Å². The van der Waals surface area contributed by atoms with Gasteiger partial charge >= 0.3 is 0 Å². The molecule has 0 amide bonds. The SMILES string of the molecule is CCNC(CN1CCCOCC1)c1ccc(C)cc1C. The highest BCUT2D eigenvalue weighted by molar-refractivity contribution is 5.33. The third kappa shape index (κ3) is 4.30. The summed E-state index contributed by atoms with van der Waals surface area (Å²) in [4.78, 5) is 2.53. The maximum Gasteiger partial charge on any atom is 0.0593 e. The van der Waals surface area contributed by atoms with E-state index in [-0.39, 0.29) is 0 Å². The van der Waals surface area contributed by atoms with Crippen molar-refractivity contribution in [2.75, 3.05) is 39.4 Å². The van der Waals surface area contributed by atoms with Crippen molar-refractivity contribution in [2.24, 2.45) is 0 Å². The first kappa shape index (κ1) is 15.5. The molecule has 1 aliphatic heterocycles. The Kier molecular flexibility index (Phi) is 6.02. The summed E-state index contributed by atoms with van der Waals surface area (Å²) in [6.07, 6.45) is 1.14. The topological polar surface area (TPSA) is 24.5 Å². The van der Waals surface area contributed by atoms with Gasteiger partial charge in [0.25, 0.3) is 0 Å². The molecule has 1 aliphatic rings. The molecular formula is C17H28N2O. The van der Waals surface area contributed by atoms with Gasteiger partial charge in [0, 0.05) is 32.3 Å². The van der Waals surface area contributed by atoms with Crippen molar-refractivity contribution in [2.45, 2.75) is 33.2 Å². The van der Waals surface area contributed by atoms with E-state index in [1.165, 1.54) is 16.7 Å². The van der Waals surface area contributed by atoms with Crippen LogP contribution >= 0.6 is 0 Å². The molecule has 3 heteroatoms. The van der Waals surface area contributed by atoms with Gasteiger partial charge in [-0.05, 0) is 37.9 Å². The van der Waals surface area contributed by atoms with E-state index in [2.05, 4.69) is 49.2 Å². The van der Waals surface area contributed by atoms with Gasteiger partial charge in [-0.15, -0.1) is 0 Å². The monoisotopic (exact) mass is 276 g/mol. The van der Waals surface area contributed by atoms with Crippen molar-refractivity contribution in [1.82, 2.24) is 10.2 Å². The molecule has 1 aromatic carbocycles. The number of ether oxygens (including phenoxy) is 1. The number of nitrogens with zero attached hydrogens (tertiary/aromatic N) is 1. The molecule has 0 bridgehead atoms. The molecular weight excluding hydrogens is 248 g/mol. The fourth-order valence-corrected chi connectivity index (χ4v) is 2.97. The van der Waals surface area contributed by atoms with Gasteiger partial charge in [-0.3, -0.25) is 4.90 Å². The molecule has 1 unspecified atom stereocenters. The summed E-state index contributed by atoms with van der Waals surface area (Å²) >= 11 is 0. The quantitative estimate of drug-likeness (QED) is 0.895. The first-order chi connectivity index (χ1) is 9.70. The van der Waals surface area contributed by atoms with E-state index in [9.17, 15) is 0 Å². The fourth-order valence-electron chi connectivity index (χ4n) is 2.97. The second-order valence-electron chi connectivity index (χ2n) is 5.74. The number of aryl methyl sites for hydroxylation is 2. The highest BCUT2D eigenvalue weighted by Gasteiger charge is 2.18. The van der Waals surface area contributed by atoms with Crippen LogP contribution in [0.1, 0.15) is 36.1 Å².